The molecule has 2 heterocycles. The lowest BCUT2D eigenvalue weighted by Gasteiger charge is -2.15. The largest absolute Gasteiger partial charge is 0.508 e. The van der Waals surface area contributed by atoms with Crippen molar-refractivity contribution in [2.45, 2.75) is 10.9 Å². The van der Waals surface area contributed by atoms with Crippen LogP contribution < -0.4 is 4.90 Å². The molecule has 0 spiro atoms. The molecule has 1 unspecified atom stereocenters. The molecular weight excluding hydrogens is 302 g/mol. The number of aromatic hydroxyl groups is 1. The fourth-order valence-corrected chi connectivity index (χ4v) is 3.80. The quantitative estimate of drug-likeness (QED) is 0.679. The number of non-ortho nitro benzene ring substituents is 1. The molecule has 6 nitrogen and oxygen atoms in total. The molecular formula is C15H11N3O3S. The van der Waals surface area contributed by atoms with Crippen molar-refractivity contribution in [3.05, 3.63) is 58.1 Å². The molecule has 22 heavy (non-hydrogen) atoms. The van der Waals surface area contributed by atoms with E-state index in [0.717, 1.165) is 21.3 Å². The number of benzene rings is 2. The van der Waals surface area contributed by atoms with E-state index in [9.17, 15) is 15.2 Å². The number of hydrogen-bond donors (Lipinski definition) is 1. The molecule has 0 amide bonds. The van der Waals surface area contributed by atoms with Gasteiger partial charge in [-0.15, -0.1) is 0 Å². The highest BCUT2D eigenvalue weighted by atomic mass is 32.2. The number of nitrogens with zero attached hydrogens (tertiary/aromatic N) is 3. The first-order chi connectivity index (χ1) is 10.6. The minimum Gasteiger partial charge on any atom is -0.508 e. The highest BCUT2D eigenvalue weighted by Gasteiger charge is 2.34. The number of aliphatic imine (C=N–C) groups is 1. The fourth-order valence-electron chi connectivity index (χ4n) is 2.68. The van der Waals surface area contributed by atoms with E-state index in [1.54, 1.807) is 24.3 Å². The predicted octanol–water partition coefficient (Wildman–Crippen LogP) is 3.32. The first-order valence-corrected chi connectivity index (χ1v) is 7.54. The van der Waals surface area contributed by atoms with Crippen LogP contribution in [-0.4, -0.2) is 21.7 Å². The normalized spacial score (nSPS) is 18.8. The summed E-state index contributed by atoms with van der Waals surface area (Å²) in [6, 6.07) is 11.8. The lowest BCUT2D eigenvalue weighted by atomic mass is 10.1. The van der Waals surface area contributed by atoms with E-state index in [2.05, 4.69) is 4.90 Å². The molecule has 2 aromatic carbocycles. The van der Waals surface area contributed by atoms with Crippen LogP contribution in [0.5, 0.6) is 5.75 Å². The van der Waals surface area contributed by atoms with E-state index in [0.29, 0.717) is 6.54 Å². The van der Waals surface area contributed by atoms with Gasteiger partial charge in [-0.25, -0.2) is 0 Å². The SMILES string of the molecule is O=[N+]([O-])c1ccc(C2CN3C(=N2)Sc2cc(O)ccc23)cc1. The average Bonchev–Trinajstić information content (AvgIpc) is 3.04. The van der Waals surface area contributed by atoms with Crippen molar-refractivity contribution in [2.75, 3.05) is 11.4 Å². The van der Waals surface area contributed by atoms with Gasteiger partial charge in [-0.3, -0.25) is 15.1 Å². The van der Waals surface area contributed by atoms with Gasteiger partial charge in [0.2, 0.25) is 0 Å². The van der Waals surface area contributed by atoms with Crippen LogP contribution in [0.1, 0.15) is 11.6 Å². The van der Waals surface area contributed by atoms with Crippen LogP contribution in [0.2, 0.25) is 0 Å². The van der Waals surface area contributed by atoms with E-state index >= 15 is 0 Å². The Kier molecular flexibility index (Phi) is 2.83. The third kappa shape index (κ3) is 2.01. The minimum atomic E-state index is -0.402. The van der Waals surface area contributed by atoms with Crippen molar-refractivity contribution >= 4 is 28.3 Å². The molecule has 0 aliphatic carbocycles. The molecule has 2 aromatic rings. The number of nitro groups is 1. The number of phenols is 1. The van der Waals surface area contributed by atoms with E-state index < -0.39 is 4.92 Å². The molecule has 2 aliphatic heterocycles. The van der Waals surface area contributed by atoms with Gasteiger partial charge >= 0.3 is 0 Å². The van der Waals surface area contributed by atoms with Crippen molar-refractivity contribution in [2.24, 2.45) is 4.99 Å². The Hall–Kier alpha value is -2.54. The first-order valence-electron chi connectivity index (χ1n) is 6.72. The lowest BCUT2D eigenvalue weighted by Crippen LogP contribution is -2.21. The summed E-state index contributed by atoms with van der Waals surface area (Å²) in [5, 5.41) is 21.1. The maximum Gasteiger partial charge on any atom is 0.269 e. The second-order valence-corrected chi connectivity index (χ2v) is 6.15. The fraction of sp³-hybridized carbons (Fsp3) is 0.133. The van der Waals surface area contributed by atoms with Crippen molar-refractivity contribution in [3.63, 3.8) is 0 Å². The van der Waals surface area contributed by atoms with E-state index in [4.69, 9.17) is 4.99 Å². The maximum atomic E-state index is 10.7. The number of rotatable bonds is 2. The maximum absolute atomic E-state index is 10.7. The minimum absolute atomic E-state index is 0.0229. The Balaban J connectivity index is 1.61. The van der Waals surface area contributed by atoms with Gasteiger partial charge in [0.25, 0.3) is 5.69 Å². The average molecular weight is 313 g/mol. The van der Waals surface area contributed by atoms with Crippen LogP contribution in [-0.2, 0) is 0 Å². The smallest absolute Gasteiger partial charge is 0.269 e. The molecule has 0 aromatic heterocycles. The molecule has 7 heteroatoms. The van der Waals surface area contributed by atoms with E-state index in [1.165, 1.54) is 23.9 Å². The van der Waals surface area contributed by atoms with Crippen LogP contribution in [0.15, 0.2) is 52.4 Å². The Morgan fingerprint density at radius 1 is 1.27 bits per heavy atom. The number of thioether (sulfide) groups is 1. The highest BCUT2D eigenvalue weighted by molar-refractivity contribution is 8.14. The zero-order valence-electron chi connectivity index (χ0n) is 11.3. The summed E-state index contributed by atoms with van der Waals surface area (Å²) < 4.78 is 0. The van der Waals surface area contributed by atoms with Gasteiger partial charge in [-0.05, 0) is 47.7 Å². The number of nitro benzene ring substituents is 1. The van der Waals surface area contributed by atoms with Gasteiger partial charge in [0.05, 0.1) is 23.2 Å². The standard InChI is InChI=1S/C15H11N3O3S/c19-11-5-6-13-14(7-11)22-15-16-12(8-17(13)15)9-1-3-10(4-2-9)18(20)21/h1-7,12,19H,8H2. The second-order valence-electron chi connectivity index (χ2n) is 5.14. The number of amidine groups is 1. The summed E-state index contributed by atoms with van der Waals surface area (Å²) in [6.45, 7) is 0.706. The molecule has 110 valence electrons. The summed E-state index contributed by atoms with van der Waals surface area (Å²) in [5.41, 5.74) is 2.10. The number of phenolic OH excluding ortho intramolecular Hbond substituents is 1. The Labute approximate surface area is 130 Å². The third-order valence-electron chi connectivity index (χ3n) is 3.78. The number of hydrogen-bond acceptors (Lipinski definition) is 6. The van der Waals surface area contributed by atoms with Gasteiger partial charge in [-0.1, -0.05) is 0 Å². The molecule has 1 N–H and O–H groups in total. The Morgan fingerprint density at radius 3 is 2.77 bits per heavy atom. The Morgan fingerprint density at radius 2 is 2.05 bits per heavy atom. The summed E-state index contributed by atoms with van der Waals surface area (Å²) in [7, 11) is 0. The van der Waals surface area contributed by atoms with Crippen molar-refractivity contribution in [1.82, 2.24) is 0 Å². The molecule has 0 bridgehead atoms. The lowest BCUT2D eigenvalue weighted by molar-refractivity contribution is -0.384. The summed E-state index contributed by atoms with van der Waals surface area (Å²) in [4.78, 5) is 18.1. The monoisotopic (exact) mass is 313 g/mol. The van der Waals surface area contributed by atoms with Gasteiger partial charge < -0.3 is 10.0 Å². The van der Waals surface area contributed by atoms with Gasteiger partial charge in [0.15, 0.2) is 5.17 Å². The summed E-state index contributed by atoms with van der Waals surface area (Å²) >= 11 is 1.54. The summed E-state index contributed by atoms with van der Waals surface area (Å²) in [5.74, 6) is 0.250. The van der Waals surface area contributed by atoms with E-state index in [1.807, 2.05) is 6.07 Å². The third-order valence-corrected chi connectivity index (χ3v) is 4.83. The predicted molar refractivity (Wildman–Crippen MR) is 84.6 cm³/mol. The topological polar surface area (TPSA) is 79.0 Å². The van der Waals surface area contributed by atoms with Gasteiger partial charge in [-0.2, -0.15) is 0 Å². The van der Waals surface area contributed by atoms with Crippen LogP contribution in [0.4, 0.5) is 11.4 Å². The summed E-state index contributed by atoms with van der Waals surface area (Å²) in [6.07, 6.45) is 0. The van der Waals surface area contributed by atoms with Crippen molar-refractivity contribution in [1.29, 1.82) is 0 Å². The van der Waals surface area contributed by atoms with Crippen LogP contribution in [0.3, 0.4) is 0 Å². The van der Waals surface area contributed by atoms with Crippen LogP contribution in [0.25, 0.3) is 0 Å². The molecule has 0 fully saturated rings. The first kappa shape index (κ1) is 13.1. The zero-order valence-corrected chi connectivity index (χ0v) is 12.2. The number of anilines is 1. The number of fused-ring (bicyclic) bond motifs is 3. The zero-order chi connectivity index (χ0) is 15.3. The van der Waals surface area contributed by atoms with Crippen LogP contribution in [0, 0.1) is 10.1 Å². The second kappa shape index (κ2) is 4.74. The van der Waals surface area contributed by atoms with Gasteiger partial charge in [0, 0.05) is 17.0 Å². The highest BCUT2D eigenvalue weighted by Crippen LogP contribution is 2.46. The molecule has 2 aliphatic rings. The molecule has 1 atom stereocenters. The van der Waals surface area contributed by atoms with Gasteiger partial charge in [0.1, 0.15) is 5.75 Å². The van der Waals surface area contributed by atoms with Crippen LogP contribution >= 0.6 is 11.8 Å². The van der Waals surface area contributed by atoms with Crippen molar-refractivity contribution < 1.29 is 10.0 Å². The van der Waals surface area contributed by atoms with E-state index in [-0.39, 0.29) is 17.5 Å². The Bertz CT molecular complexity index is 804. The molecule has 0 radical (unpaired) electrons. The molecule has 4 rings (SSSR count). The van der Waals surface area contributed by atoms with Crippen molar-refractivity contribution in [3.8, 4) is 5.75 Å². The molecule has 0 saturated carbocycles. The molecule has 0 saturated heterocycles.